The summed E-state index contributed by atoms with van der Waals surface area (Å²) in [6, 6.07) is 0. The molecule has 0 spiro atoms. The average Bonchev–Trinajstić information content (AvgIpc) is 3.13. The fraction of sp³-hybridized carbons (Fsp3) is 0.974. The number of carbonyl (C=O) groups is 1. The summed E-state index contributed by atoms with van der Waals surface area (Å²) in [7, 11) is 0. The molecule has 11 heteroatoms. The van der Waals surface area contributed by atoms with Crippen LogP contribution in [0.25, 0.3) is 0 Å². The van der Waals surface area contributed by atoms with Crippen LogP contribution in [0.1, 0.15) is 122 Å². The van der Waals surface area contributed by atoms with Gasteiger partial charge in [-0.05, 0) is 32.4 Å². The van der Waals surface area contributed by atoms with Crippen LogP contribution >= 0.6 is 0 Å². The minimum atomic E-state index is -0.125. The lowest BCUT2D eigenvalue weighted by Gasteiger charge is -2.22. The predicted octanol–water partition coefficient (Wildman–Crippen LogP) is 6.68. The van der Waals surface area contributed by atoms with E-state index in [1.165, 1.54) is 83.5 Å². The molecule has 1 rings (SSSR count). The number of piperidine rings is 1. The number of nitrogens with one attached hydrogen (secondary N) is 1. The molecule has 1 N–H and O–H groups in total. The van der Waals surface area contributed by atoms with Gasteiger partial charge in [-0.3, -0.25) is 4.79 Å². The van der Waals surface area contributed by atoms with Crippen molar-refractivity contribution in [2.75, 3.05) is 119 Å². The van der Waals surface area contributed by atoms with Crippen LogP contribution in [0.5, 0.6) is 0 Å². The second kappa shape index (κ2) is 40.9. The van der Waals surface area contributed by atoms with Crippen molar-refractivity contribution < 1.29 is 47.4 Å². The Kier molecular flexibility index (Phi) is 38.5. The van der Waals surface area contributed by atoms with Gasteiger partial charge in [0, 0.05) is 6.42 Å². The lowest BCUT2D eigenvalue weighted by Crippen LogP contribution is -2.33. The predicted molar refractivity (Wildman–Crippen MR) is 198 cm³/mol. The number of rotatable bonds is 41. The lowest BCUT2D eigenvalue weighted by atomic mass is 10.0. The number of hydrogen-bond acceptors (Lipinski definition) is 11. The minimum Gasteiger partial charge on any atom is -0.463 e. The molecule has 0 bridgehead atoms. The van der Waals surface area contributed by atoms with Crippen molar-refractivity contribution in [3.8, 4) is 0 Å². The highest BCUT2D eigenvalue weighted by molar-refractivity contribution is 5.69. The van der Waals surface area contributed by atoms with Crippen LogP contribution in [-0.4, -0.2) is 131 Å². The van der Waals surface area contributed by atoms with Gasteiger partial charge in [-0.1, -0.05) is 96.8 Å². The van der Waals surface area contributed by atoms with Gasteiger partial charge in [0.25, 0.3) is 0 Å². The number of hydrogen-bond donors (Lipinski definition) is 1. The zero-order valence-corrected chi connectivity index (χ0v) is 32.1. The first-order chi connectivity index (χ1) is 24.8. The monoisotopic (exact) mass is 720 g/mol. The Morgan fingerprint density at radius 2 is 0.760 bits per heavy atom. The number of unbranched alkanes of at least 4 members (excludes halogenated alkanes) is 14. The van der Waals surface area contributed by atoms with Crippen molar-refractivity contribution >= 4 is 5.97 Å². The molecule has 50 heavy (non-hydrogen) atoms. The highest BCUT2D eigenvalue weighted by atomic mass is 16.6. The van der Waals surface area contributed by atoms with Gasteiger partial charge in [0.2, 0.25) is 0 Å². The topological polar surface area (TPSA) is 112 Å². The van der Waals surface area contributed by atoms with Crippen molar-refractivity contribution in [1.82, 2.24) is 5.32 Å². The van der Waals surface area contributed by atoms with Crippen LogP contribution in [0, 0.1) is 0 Å². The third kappa shape index (κ3) is 36.9. The maximum atomic E-state index is 11.9. The Morgan fingerprint density at radius 3 is 1.14 bits per heavy atom. The summed E-state index contributed by atoms with van der Waals surface area (Å²) in [5.74, 6) is -0.125. The molecule has 0 unspecified atom stereocenters. The van der Waals surface area contributed by atoms with Gasteiger partial charge >= 0.3 is 5.97 Å². The molecule has 11 nitrogen and oxygen atoms in total. The third-order valence-corrected chi connectivity index (χ3v) is 8.57. The van der Waals surface area contributed by atoms with Crippen LogP contribution in [-0.2, 0) is 47.4 Å². The first-order valence-corrected chi connectivity index (χ1v) is 20.3. The molecular formula is C39H77NO10. The zero-order chi connectivity index (χ0) is 35.7. The number of ether oxygens (including phenoxy) is 9. The first-order valence-electron chi connectivity index (χ1n) is 20.3. The summed E-state index contributed by atoms with van der Waals surface area (Å²) in [5, 5.41) is 3.33. The second-order valence-corrected chi connectivity index (χ2v) is 13.0. The molecule has 1 aliphatic heterocycles. The van der Waals surface area contributed by atoms with E-state index in [-0.39, 0.29) is 5.97 Å². The van der Waals surface area contributed by atoms with Crippen LogP contribution < -0.4 is 5.32 Å². The van der Waals surface area contributed by atoms with Crippen LogP contribution in [0.3, 0.4) is 0 Å². The molecule has 0 aromatic carbocycles. The molecule has 298 valence electrons. The molecule has 0 atom stereocenters. The molecule has 1 heterocycles. The second-order valence-electron chi connectivity index (χ2n) is 13.0. The van der Waals surface area contributed by atoms with Gasteiger partial charge in [0.05, 0.1) is 105 Å². The molecule has 1 fully saturated rings. The van der Waals surface area contributed by atoms with Gasteiger partial charge < -0.3 is 47.9 Å². The van der Waals surface area contributed by atoms with Crippen LogP contribution in [0.4, 0.5) is 0 Å². The minimum absolute atomic E-state index is 0.125. The molecule has 0 aliphatic carbocycles. The molecule has 1 saturated heterocycles. The molecule has 0 saturated carbocycles. The van der Waals surface area contributed by atoms with Crippen molar-refractivity contribution in [2.45, 2.75) is 129 Å². The maximum absolute atomic E-state index is 11.9. The van der Waals surface area contributed by atoms with Gasteiger partial charge in [-0.15, -0.1) is 0 Å². The third-order valence-electron chi connectivity index (χ3n) is 8.57. The Balaban J connectivity index is 1.64. The average molecular weight is 720 g/mol. The van der Waals surface area contributed by atoms with E-state index in [0.29, 0.717) is 118 Å². The van der Waals surface area contributed by atoms with Crippen molar-refractivity contribution in [2.24, 2.45) is 0 Å². The van der Waals surface area contributed by atoms with E-state index in [1.54, 1.807) is 0 Å². The van der Waals surface area contributed by atoms with Crippen molar-refractivity contribution in [3.63, 3.8) is 0 Å². The van der Waals surface area contributed by atoms with Crippen LogP contribution in [0.15, 0.2) is 0 Å². The van der Waals surface area contributed by atoms with E-state index in [0.717, 1.165) is 38.8 Å². The molecule has 0 aromatic rings. The highest BCUT2D eigenvalue weighted by Gasteiger charge is 2.12. The maximum Gasteiger partial charge on any atom is 0.305 e. The fourth-order valence-corrected chi connectivity index (χ4v) is 5.58. The quantitative estimate of drug-likeness (QED) is 0.0540. The van der Waals surface area contributed by atoms with E-state index in [1.807, 2.05) is 0 Å². The normalized spacial score (nSPS) is 13.7. The molecule has 1 aliphatic rings. The van der Waals surface area contributed by atoms with Gasteiger partial charge in [-0.25, -0.2) is 0 Å². The Morgan fingerprint density at radius 1 is 0.440 bits per heavy atom. The van der Waals surface area contributed by atoms with Gasteiger partial charge in [-0.2, -0.15) is 0 Å². The van der Waals surface area contributed by atoms with Crippen molar-refractivity contribution in [1.29, 1.82) is 0 Å². The van der Waals surface area contributed by atoms with Gasteiger partial charge in [0.15, 0.2) is 0 Å². The van der Waals surface area contributed by atoms with E-state index < -0.39 is 0 Å². The van der Waals surface area contributed by atoms with E-state index >= 15 is 0 Å². The summed E-state index contributed by atoms with van der Waals surface area (Å²) < 4.78 is 49.6. The lowest BCUT2D eigenvalue weighted by molar-refractivity contribution is -0.145. The van der Waals surface area contributed by atoms with Gasteiger partial charge in [0.1, 0.15) is 6.61 Å². The standard InChI is InChI=1S/C39H77NO10/c1-2-3-4-5-6-7-8-9-10-11-12-13-14-15-16-17-39(41)50-37-35-48-33-31-46-29-27-44-25-23-42-22-24-43-26-28-45-30-32-47-34-36-49-38-18-20-40-21-19-38/h38,40H,2-37H2,1H3. The number of carbonyl (C=O) groups excluding carboxylic acids is 1. The molecule has 0 radical (unpaired) electrons. The molecular weight excluding hydrogens is 642 g/mol. The first kappa shape index (κ1) is 47.1. The van der Waals surface area contributed by atoms with Crippen LogP contribution in [0.2, 0.25) is 0 Å². The van der Waals surface area contributed by atoms with E-state index in [9.17, 15) is 4.79 Å². The summed E-state index contributed by atoms with van der Waals surface area (Å²) >= 11 is 0. The molecule has 0 aromatic heterocycles. The van der Waals surface area contributed by atoms with Crippen molar-refractivity contribution in [3.05, 3.63) is 0 Å². The summed E-state index contributed by atoms with van der Waals surface area (Å²) in [5.41, 5.74) is 0. The van der Waals surface area contributed by atoms with E-state index in [4.69, 9.17) is 42.6 Å². The number of esters is 1. The summed E-state index contributed by atoms with van der Waals surface area (Å²) in [6.45, 7) is 12.5. The molecule has 0 amide bonds. The zero-order valence-electron chi connectivity index (χ0n) is 32.1. The summed E-state index contributed by atoms with van der Waals surface area (Å²) in [6.07, 6.45) is 22.8. The largest absolute Gasteiger partial charge is 0.463 e. The smallest absolute Gasteiger partial charge is 0.305 e. The highest BCUT2D eigenvalue weighted by Crippen LogP contribution is 2.14. The Hall–Kier alpha value is -0.890. The Bertz CT molecular complexity index is 669. The van der Waals surface area contributed by atoms with E-state index in [2.05, 4.69) is 12.2 Å². The Labute approximate surface area is 305 Å². The fourth-order valence-electron chi connectivity index (χ4n) is 5.58. The summed E-state index contributed by atoms with van der Waals surface area (Å²) in [4.78, 5) is 11.9. The SMILES string of the molecule is CCCCCCCCCCCCCCCCCC(=O)OCCOCCOCCOCCOCCOCCOCCOCCOC1CCNCC1.